The molecule has 4 rings (SSSR count). The molecule has 1 fully saturated rings. The van der Waals surface area contributed by atoms with Gasteiger partial charge in [0.2, 0.25) is 10.0 Å². The van der Waals surface area contributed by atoms with Gasteiger partial charge in [-0.05, 0) is 29.0 Å². The molecule has 0 spiro atoms. The van der Waals surface area contributed by atoms with Gasteiger partial charge in [-0.25, -0.2) is 8.42 Å². The molecule has 2 aromatic rings. The molecule has 0 unspecified atom stereocenters. The third-order valence-corrected chi connectivity index (χ3v) is 9.20. The van der Waals surface area contributed by atoms with Crippen molar-refractivity contribution in [3.63, 3.8) is 0 Å². The van der Waals surface area contributed by atoms with Crippen molar-refractivity contribution in [3.8, 4) is 0 Å². The third kappa shape index (κ3) is 3.61. The molecule has 3 heterocycles. The minimum absolute atomic E-state index is 0.0866. The number of hydrogen-bond donors (Lipinski definition) is 0. The van der Waals surface area contributed by atoms with Crippen LogP contribution in [0, 0.1) is 0 Å². The highest BCUT2D eigenvalue weighted by atomic mass is 32.2. The smallest absolute Gasteiger partial charge is 0.265 e. The second-order valence-corrected chi connectivity index (χ2v) is 11.1. The zero-order chi connectivity index (χ0) is 19.0. The van der Waals surface area contributed by atoms with Crippen LogP contribution in [0.5, 0.6) is 0 Å². The van der Waals surface area contributed by atoms with E-state index in [9.17, 15) is 17.4 Å². The Morgan fingerprint density at radius 1 is 1.04 bits per heavy atom. The first kappa shape index (κ1) is 18.8. The lowest BCUT2D eigenvalue weighted by Gasteiger charge is -2.29. The van der Waals surface area contributed by atoms with Gasteiger partial charge in [0.1, 0.15) is 9.77 Å². The van der Waals surface area contributed by atoms with Crippen LogP contribution in [0.4, 0.5) is 0 Å². The minimum Gasteiger partial charge on any atom is -0.336 e. The van der Waals surface area contributed by atoms with Gasteiger partial charge in [-0.2, -0.15) is 4.31 Å². The largest absolute Gasteiger partial charge is 0.336 e. The van der Waals surface area contributed by atoms with Crippen molar-refractivity contribution >= 4 is 38.1 Å². The average Bonchev–Trinajstić information content (AvgIpc) is 3.18. The van der Waals surface area contributed by atoms with Crippen molar-refractivity contribution in [2.45, 2.75) is 17.9 Å². The number of amides is 1. The first-order valence-electron chi connectivity index (χ1n) is 8.75. The van der Waals surface area contributed by atoms with Crippen LogP contribution in [0.2, 0.25) is 0 Å². The van der Waals surface area contributed by atoms with Crippen LogP contribution in [0.1, 0.15) is 20.8 Å². The number of hydrogen-bond acceptors (Lipinski definition) is 5. The predicted octanol–water partition coefficient (Wildman–Crippen LogP) is 1.70. The molecule has 1 saturated heterocycles. The summed E-state index contributed by atoms with van der Waals surface area (Å²) >= 11 is 1.16. The zero-order valence-electron chi connectivity index (χ0n) is 14.7. The Hall–Kier alpha value is -1.55. The second-order valence-electron chi connectivity index (χ2n) is 6.61. The monoisotopic (exact) mass is 424 g/mol. The van der Waals surface area contributed by atoms with Gasteiger partial charge in [-0.1, -0.05) is 24.3 Å². The van der Waals surface area contributed by atoms with Crippen LogP contribution in [-0.4, -0.2) is 58.9 Å². The van der Waals surface area contributed by atoms with E-state index in [1.165, 1.54) is 15.9 Å². The molecule has 27 heavy (non-hydrogen) atoms. The number of carbonyl (C=O) groups is 1. The van der Waals surface area contributed by atoms with E-state index >= 15 is 0 Å². The quantitative estimate of drug-likeness (QED) is 0.752. The highest BCUT2D eigenvalue weighted by molar-refractivity contribution is 7.89. The summed E-state index contributed by atoms with van der Waals surface area (Å²) in [5.74, 6) is 0.613. The molecule has 144 valence electrons. The van der Waals surface area contributed by atoms with Crippen LogP contribution in [-0.2, 0) is 33.8 Å². The number of nitrogens with zero attached hydrogens (tertiary/aromatic N) is 2. The Morgan fingerprint density at radius 2 is 1.74 bits per heavy atom. The molecule has 9 heteroatoms. The van der Waals surface area contributed by atoms with Crippen molar-refractivity contribution < 1.29 is 17.4 Å². The average molecular weight is 425 g/mol. The van der Waals surface area contributed by atoms with Gasteiger partial charge >= 0.3 is 0 Å². The van der Waals surface area contributed by atoms with Gasteiger partial charge in [0.05, 0.1) is 0 Å². The highest BCUT2D eigenvalue weighted by Gasteiger charge is 2.34. The van der Waals surface area contributed by atoms with E-state index < -0.39 is 20.8 Å². The normalized spacial score (nSPS) is 19.0. The van der Waals surface area contributed by atoms with Crippen molar-refractivity contribution in [1.82, 2.24) is 9.21 Å². The fourth-order valence-corrected chi connectivity index (χ4v) is 7.29. The number of carbonyl (C=O) groups excluding carboxylic acids is 1. The number of rotatable bonds is 3. The molecule has 6 nitrogen and oxygen atoms in total. The van der Waals surface area contributed by atoms with Crippen LogP contribution < -0.4 is 0 Å². The third-order valence-electron chi connectivity index (χ3n) is 5.00. The number of thiophene rings is 1. The van der Waals surface area contributed by atoms with Gasteiger partial charge in [-0.15, -0.1) is 11.3 Å². The van der Waals surface area contributed by atoms with Gasteiger partial charge in [0, 0.05) is 48.5 Å². The lowest BCUT2D eigenvalue weighted by molar-refractivity contribution is 0.0772. The van der Waals surface area contributed by atoms with E-state index in [4.69, 9.17) is 0 Å². The molecule has 0 saturated carbocycles. The van der Waals surface area contributed by atoms with E-state index in [1.807, 2.05) is 24.3 Å². The summed E-state index contributed by atoms with van der Waals surface area (Å²) in [4.78, 5) is 14.8. The molecule has 2 aliphatic heterocycles. The molecule has 2 aliphatic rings. The van der Waals surface area contributed by atoms with Crippen LogP contribution >= 0.6 is 11.3 Å². The van der Waals surface area contributed by atoms with Crippen LogP contribution in [0.15, 0.2) is 40.6 Å². The Labute approximate surface area is 165 Å². The maximum Gasteiger partial charge on any atom is 0.265 e. The summed E-state index contributed by atoms with van der Waals surface area (Å²) in [7, 11) is -4.64. The fraction of sp³-hybridized carbons (Fsp3) is 0.389. The van der Waals surface area contributed by atoms with Gasteiger partial charge < -0.3 is 4.90 Å². The topological polar surface area (TPSA) is 74.8 Å². The second kappa shape index (κ2) is 7.46. The summed E-state index contributed by atoms with van der Waals surface area (Å²) in [6.45, 7) is 1.54. The Bertz CT molecular complexity index is 990. The van der Waals surface area contributed by atoms with Crippen molar-refractivity contribution in [2.24, 2.45) is 0 Å². The van der Waals surface area contributed by atoms with Crippen LogP contribution in [0.25, 0.3) is 0 Å². The lowest BCUT2D eigenvalue weighted by Crippen LogP contribution is -2.42. The Morgan fingerprint density at radius 3 is 2.48 bits per heavy atom. The summed E-state index contributed by atoms with van der Waals surface area (Å²) in [5.41, 5.74) is 2.18. The predicted molar refractivity (Wildman–Crippen MR) is 106 cm³/mol. The number of fused-ring (bicyclic) bond motifs is 1. The maximum absolute atomic E-state index is 13.2. The first-order valence-corrected chi connectivity index (χ1v) is 12.6. The van der Waals surface area contributed by atoms with E-state index in [2.05, 4.69) is 0 Å². The zero-order valence-corrected chi connectivity index (χ0v) is 17.1. The fourth-order valence-electron chi connectivity index (χ4n) is 3.46. The molecule has 0 radical (unpaired) electrons. The molecule has 1 aromatic carbocycles. The maximum atomic E-state index is 13.2. The molecular weight excluding hydrogens is 404 g/mol. The van der Waals surface area contributed by atoms with E-state index in [0.29, 0.717) is 44.1 Å². The first-order chi connectivity index (χ1) is 13.0. The van der Waals surface area contributed by atoms with E-state index in [1.54, 1.807) is 10.3 Å². The summed E-state index contributed by atoms with van der Waals surface area (Å²) in [5, 5.41) is 1.65. The van der Waals surface area contributed by atoms with E-state index in [0.717, 1.165) is 16.9 Å². The molecule has 0 atom stereocenters. The molecular formula is C18H20N2O4S3. The van der Waals surface area contributed by atoms with Crippen molar-refractivity contribution in [3.05, 3.63) is 51.7 Å². The van der Waals surface area contributed by atoms with Crippen LogP contribution in [0.3, 0.4) is 0 Å². The number of sulfonamides is 1. The Balaban J connectivity index is 1.60. The minimum atomic E-state index is -3.75. The molecule has 0 N–H and O–H groups in total. The summed E-state index contributed by atoms with van der Waals surface area (Å²) in [6, 6.07) is 9.37. The lowest BCUT2D eigenvalue weighted by atomic mass is 10.0. The number of benzene rings is 1. The molecule has 0 aliphatic carbocycles. The van der Waals surface area contributed by atoms with Crippen molar-refractivity contribution in [2.75, 3.05) is 31.1 Å². The summed E-state index contributed by atoms with van der Waals surface area (Å²) in [6.07, 6.45) is 0.667. The molecule has 1 amide bonds. The van der Waals surface area contributed by atoms with Crippen molar-refractivity contribution in [1.29, 1.82) is 0 Å². The van der Waals surface area contributed by atoms with Gasteiger partial charge in [0.15, 0.2) is 0 Å². The molecule has 1 aromatic heterocycles. The molecule has 0 bridgehead atoms. The SMILES string of the molecule is O=C(c1sccc1S(=O)(=O)N1CCc2ccccc2C1)N1CCS(=O)CC1. The van der Waals surface area contributed by atoms with E-state index in [-0.39, 0.29) is 15.7 Å². The van der Waals surface area contributed by atoms with Gasteiger partial charge in [-0.3, -0.25) is 9.00 Å². The highest BCUT2D eigenvalue weighted by Crippen LogP contribution is 2.30. The summed E-state index contributed by atoms with van der Waals surface area (Å²) < 4.78 is 39.4. The van der Waals surface area contributed by atoms with Gasteiger partial charge in [0.25, 0.3) is 5.91 Å². The Kier molecular flexibility index (Phi) is 5.19. The standard InChI is InChI=1S/C18H20N2O4S3/c21-18(19-8-11-26(22)12-9-19)17-16(6-10-25-17)27(23,24)20-7-5-14-3-1-2-4-15(14)13-20/h1-4,6,10H,5,7-9,11-13H2.